The smallest absolute Gasteiger partial charge is 0.340 e. The monoisotopic (exact) mass is 511 g/mol. The number of methoxy groups -OCH3 is 1. The Morgan fingerprint density at radius 3 is 1.69 bits per heavy atom. The van der Waals surface area contributed by atoms with E-state index in [0.29, 0.717) is 25.2 Å². The first-order valence-electron chi connectivity index (χ1n) is 11.8. The summed E-state index contributed by atoms with van der Waals surface area (Å²) in [5.74, 6) is -0.563. The van der Waals surface area contributed by atoms with Crippen molar-refractivity contribution in [2.24, 2.45) is 0 Å². The molecular formula is C28H34NO6P. The van der Waals surface area contributed by atoms with Crippen molar-refractivity contribution in [3.63, 3.8) is 0 Å². The molecule has 3 aromatic carbocycles. The third kappa shape index (κ3) is 8.40. The molecule has 7 nitrogen and oxygen atoms in total. The summed E-state index contributed by atoms with van der Waals surface area (Å²) in [6.07, 6.45) is -1.76. The van der Waals surface area contributed by atoms with E-state index in [4.69, 9.17) is 18.5 Å². The molecule has 3 aromatic rings. The first-order valence-corrected chi connectivity index (χ1v) is 13.5. The van der Waals surface area contributed by atoms with E-state index in [1.807, 2.05) is 78.9 Å². The summed E-state index contributed by atoms with van der Waals surface area (Å²) >= 11 is 0. The van der Waals surface area contributed by atoms with Crippen LogP contribution in [0.25, 0.3) is 0 Å². The third-order valence-electron chi connectivity index (χ3n) is 5.78. The summed E-state index contributed by atoms with van der Waals surface area (Å²) in [6.45, 7) is 1.54. The quantitative estimate of drug-likeness (QED) is 0.210. The van der Waals surface area contributed by atoms with Gasteiger partial charge in [-0.15, -0.1) is 0 Å². The van der Waals surface area contributed by atoms with Crippen molar-refractivity contribution in [2.45, 2.75) is 25.3 Å². The molecule has 0 aliphatic rings. The van der Waals surface area contributed by atoms with Crippen molar-refractivity contribution < 1.29 is 27.9 Å². The predicted octanol–water partition coefficient (Wildman–Crippen LogP) is 5.47. The molecule has 0 aromatic heterocycles. The maximum atomic E-state index is 13.2. The Labute approximate surface area is 213 Å². The molecule has 8 heteroatoms. The van der Waals surface area contributed by atoms with Gasteiger partial charge in [0, 0.05) is 41.0 Å². The Morgan fingerprint density at radius 1 is 0.778 bits per heavy atom. The second kappa shape index (κ2) is 14.1. The molecule has 0 N–H and O–H groups in total. The third-order valence-corrected chi connectivity index (χ3v) is 7.75. The lowest BCUT2D eigenvalue weighted by Gasteiger charge is -2.30. The van der Waals surface area contributed by atoms with Crippen LogP contribution in [-0.2, 0) is 41.0 Å². The average molecular weight is 512 g/mol. The Morgan fingerprint density at radius 2 is 1.25 bits per heavy atom. The fourth-order valence-electron chi connectivity index (χ4n) is 3.98. The van der Waals surface area contributed by atoms with Crippen LogP contribution >= 0.6 is 7.60 Å². The molecule has 192 valence electrons. The van der Waals surface area contributed by atoms with Gasteiger partial charge in [-0.2, -0.15) is 0 Å². The Hall–Kier alpha value is -2.80. The van der Waals surface area contributed by atoms with Crippen LogP contribution in [0.15, 0.2) is 91.0 Å². The summed E-state index contributed by atoms with van der Waals surface area (Å²) in [5.41, 5.74) is 2.90. The minimum absolute atomic E-state index is 0.0863. The van der Waals surface area contributed by atoms with E-state index in [0.717, 1.165) is 11.1 Å². The first kappa shape index (κ1) is 27.8. The van der Waals surface area contributed by atoms with Gasteiger partial charge >= 0.3 is 13.6 Å². The largest absolute Gasteiger partial charge is 0.458 e. The Bertz CT molecular complexity index is 1050. The molecular weight excluding hydrogens is 477 g/mol. The van der Waals surface area contributed by atoms with Crippen molar-refractivity contribution >= 4 is 13.6 Å². The molecule has 0 saturated heterocycles. The second-order valence-electron chi connectivity index (χ2n) is 8.38. The molecule has 0 saturated carbocycles. The van der Waals surface area contributed by atoms with E-state index < -0.39 is 25.8 Å². The lowest BCUT2D eigenvalue weighted by atomic mass is 10.1. The van der Waals surface area contributed by atoms with E-state index in [2.05, 4.69) is 4.90 Å². The number of hydrogen-bond acceptors (Lipinski definition) is 7. The van der Waals surface area contributed by atoms with Gasteiger partial charge in [0.05, 0.1) is 6.16 Å². The van der Waals surface area contributed by atoms with E-state index >= 15 is 0 Å². The lowest BCUT2D eigenvalue weighted by Crippen LogP contribution is -2.38. The van der Waals surface area contributed by atoms with Gasteiger partial charge in [0.25, 0.3) is 0 Å². The Kier molecular flexibility index (Phi) is 10.9. The fraction of sp³-hybridized carbons (Fsp3) is 0.321. The number of rotatable bonds is 14. The van der Waals surface area contributed by atoms with Crippen molar-refractivity contribution in [1.29, 1.82) is 0 Å². The fourth-order valence-corrected chi connectivity index (χ4v) is 5.12. The molecule has 0 bridgehead atoms. The standard InChI is InChI=1S/C28H34NO6P/c1-32-27(25-17-11-6-12-18-25)28(30)35-26(22-36(31,33-2)34-3)21-29(19-23-13-7-4-8-14-23)20-24-15-9-5-10-16-24/h4-18,26-27H,19-22H2,1-3H3/t26-,27+/m1/s1. The zero-order valence-corrected chi connectivity index (χ0v) is 21.9. The van der Waals surface area contributed by atoms with E-state index in [1.54, 1.807) is 12.1 Å². The number of esters is 1. The molecule has 3 rings (SSSR count). The summed E-state index contributed by atoms with van der Waals surface area (Å²) in [7, 11) is 0.649. The van der Waals surface area contributed by atoms with E-state index in [1.165, 1.54) is 21.3 Å². The molecule has 0 amide bonds. The van der Waals surface area contributed by atoms with Crippen molar-refractivity contribution in [3.8, 4) is 0 Å². The highest BCUT2D eigenvalue weighted by Gasteiger charge is 2.33. The topological polar surface area (TPSA) is 74.3 Å². The molecule has 0 aliphatic heterocycles. The van der Waals surface area contributed by atoms with E-state index in [-0.39, 0.29) is 6.16 Å². The van der Waals surface area contributed by atoms with Crippen LogP contribution < -0.4 is 0 Å². The number of benzene rings is 3. The second-order valence-corrected chi connectivity index (χ2v) is 10.7. The zero-order chi connectivity index (χ0) is 25.8. The normalized spacial score (nSPS) is 13.3. The van der Waals surface area contributed by atoms with Crippen LogP contribution in [0.4, 0.5) is 0 Å². The number of carbonyl (C=O) groups is 1. The maximum absolute atomic E-state index is 13.2. The van der Waals surface area contributed by atoms with Gasteiger partial charge in [-0.25, -0.2) is 4.79 Å². The number of hydrogen-bond donors (Lipinski definition) is 0. The van der Waals surface area contributed by atoms with Crippen LogP contribution in [0.2, 0.25) is 0 Å². The van der Waals surface area contributed by atoms with Crippen LogP contribution in [0.3, 0.4) is 0 Å². The van der Waals surface area contributed by atoms with Crippen LogP contribution in [-0.4, -0.2) is 51.0 Å². The molecule has 2 atom stereocenters. The lowest BCUT2D eigenvalue weighted by molar-refractivity contribution is -0.161. The highest BCUT2D eigenvalue weighted by atomic mass is 31.2. The Balaban J connectivity index is 1.85. The maximum Gasteiger partial charge on any atom is 0.340 e. The van der Waals surface area contributed by atoms with Gasteiger partial charge in [-0.3, -0.25) is 9.46 Å². The van der Waals surface area contributed by atoms with Gasteiger partial charge in [0.2, 0.25) is 0 Å². The van der Waals surface area contributed by atoms with Crippen LogP contribution in [0, 0.1) is 0 Å². The first-order chi connectivity index (χ1) is 17.5. The van der Waals surface area contributed by atoms with Crippen molar-refractivity contribution in [3.05, 3.63) is 108 Å². The summed E-state index contributed by atoms with van der Waals surface area (Å²) < 4.78 is 34.8. The summed E-state index contributed by atoms with van der Waals surface area (Å²) in [6, 6.07) is 29.2. The average Bonchev–Trinajstić information content (AvgIpc) is 2.90. The summed E-state index contributed by atoms with van der Waals surface area (Å²) in [5, 5.41) is 0. The zero-order valence-electron chi connectivity index (χ0n) is 21.0. The van der Waals surface area contributed by atoms with E-state index in [9.17, 15) is 9.36 Å². The highest BCUT2D eigenvalue weighted by molar-refractivity contribution is 7.53. The molecule has 0 unspecified atom stereocenters. The van der Waals surface area contributed by atoms with Crippen molar-refractivity contribution in [2.75, 3.05) is 34.0 Å². The minimum atomic E-state index is -3.47. The molecule has 0 radical (unpaired) electrons. The molecule has 0 spiro atoms. The van der Waals surface area contributed by atoms with Crippen molar-refractivity contribution in [1.82, 2.24) is 4.90 Å². The van der Waals surface area contributed by atoms with Gasteiger partial charge in [-0.1, -0.05) is 91.0 Å². The van der Waals surface area contributed by atoms with Gasteiger partial charge in [0.15, 0.2) is 6.10 Å². The minimum Gasteiger partial charge on any atom is -0.458 e. The van der Waals surface area contributed by atoms with Crippen LogP contribution in [0.5, 0.6) is 0 Å². The molecule has 0 heterocycles. The molecule has 0 fully saturated rings. The summed E-state index contributed by atoms with van der Waals surface area (Å²) in [4.78, 5) is 15.4. The molecule has 0 aliphatic carbocycles. The van der Waals surface area contributed by atoms with Gasteiger partial charge < -0.3 is 18.5 Å². The molecule has 36 heavy (non-hydrogen) atoms. The van der Waals surface area contributed by atoms with Gasteiger partial charge in [-0.05, 0) is 16.7 Å². The SMILES string of the molecule is CO[C@H](C(=O)O[C@H](CN(Cc1ccccc1)Cc1ccccc1)CP(=O)(OC)OC)c1ccccc1. The number of carbonyl (C=O) groups excluding carboxylic acids is 1. The number of nitrogens with zero attached hydrogens (tertiary/aromatic N) is 1. The number of ether oxygens (including phenoxy) is 2. The predicted molar refractivity (Wildman–Crippen MR) is 140 cm³/mol. The highest BCUT2D eigenvalue weighted by Crippen LogP contribution is 2.47. The van der Waals surface area contributed by atoms with Gasteiger partial charge in [0.1, 0.15) is 6.10 Å². The van der Waals surface area contributed by atoms with Crippen LogP contribution in [0.1, 0.15) is 22.8 Å².